The molecule has 0 bridgehead atoms. The Balaban J connectivity index is 1.95. The van der Waals surface area contributed by atoms with Gasteiger partial charge in [0.2, 0.25) is 5.91 Å². The molecule has 2 amide bonds. The Morgan fingerprint density at radius 2 is 1.81 bits per heavy atom. The van der Waals surface area contributed by atoms with Gasteiger partial charge >= 0.3 is 6.03 Å². The van der Waals surface area contributed by atoms with Crippen LogP contribution in [0.4, 0.5) is 10.5 Å². The number of aromatic nitrogens is 2. The molecule has 0 aliphatic heterocycles. The number of rotatable bonds is 8. The number of hydrogen-bond acceptors (Lipinski definition) is 4. The first-order chi connectivity index (χ1) is 15.4. The molecule has 3 rings (SSSR count). The van der Waals surface area contributed by atoms with Crippen molar-refractivity contribution in [2.75, 3.05) is 5.32 Å². The summed E-state index contributed by atoms with van der Waals surface area (Å²) in [7, 11) is 0. The summed E-state index contributed by atoms with van der Waals surface area (Å²) < 4.78 is 1.46. The summed E-state index contributed by atoms with van der Waals surface area (Å²) in [5, 5.41) is 21.1. The van der Waals surface area contributed by atoms with E-state index in [0.717, 1.165) is 50.6 Å². The van der Waals surface area contributed by atoms with Crippen LogP contribution in [0.5, 0.6) is 5.75 Å². The molecular weight excluding hydrogens is 404 g/mol. The van der Waals surface area contributed by atoms with Crippen molar-refractivity contribution < 1.29 is 14.7 Å². The Hall–Kier alpha value is -2.83. The third-order valence-electron chi connectivity index (χ3n) is 6.58. The normalized spacial score (nSPS) is 15.2. The number of hydrogen-bond donors (Lipinski definition) is 3. The second-order valence-electron chi connectivity index (χ2n) is 8.84. The number of phenolic OH excluding ortho intramolecular Hbond substituents is 1. The summed E-state index contributed by atoms with van der Waals surface area (Å²) in [6.07, 6.45) is 6.71. The fraction of sp³-hybridized carbons (Fsp3) is 0.560. The molecule has 0 radical (unpaired) electrons. The predicted molar refractivity (Wildman–Crippen MR) is 127 cm³/mol. The Morgan fingerprint density at radius 3 is 2.44 bits per heavy atom. The Bertz CT molecular complexity index is 943. The molecule has 0 spiro atoms. The number of carbonyl (C=O) groups is 2. The molecule has 1 unspecified atom stereocenters. The first kappa shape index (κ1) is 23.8. The molecular formula is C25H36N4O3. The van der Waals surface area contributed by atoms with Gasteiger partial charge in [-0.05, 0) is 63.3 Å². The van der Waals surface area contributed by atoms with Gasteiger partial charge in [0.1, 0.15) is 5.75 Å². The van der Waals surface area contributed by atoms with Gasteiger partial charge in [-0.3, -0.25) is 4.79 Å². The first-order valence-corrected chi connectivity index (χ1v) is 11.9. The van der Waals surface area contributed by atoms with E-state index in [4.69, 9.17) is 0 Å². The van der Waals surface area contributed by atoms with E-state index in [1.807, 2.05) is 33.8 Å². The van der Waals surface area contributed by atoms with Gasteiger partial charge in [-0.25, -0.2) is 4.79 Å². The maximum Gasteiger partial charge on any atom is 0.342 e. The highest BCUT2D eigenvalue weighted by atomic mass is 16.3. The highest BCUT2D eigenvalue weighted by Gasteiger charge is 2.26. The van der Waals surface area contributed by atoms with Crippen molar-refractivity contribution in [3.63, 3.8) is 0 Å². The summed E-state index contributed by atoms with van der Waals surface area (Å²) in [4.78, 5) is 25.5. The van der Waals surface area contributed by atoms with Crippen molar-refractivity contribution in [2.45, 2.75) is 84.6 Å². The predicted octanol–water partition coefficient (Wildman–Crippen LogP) is 5.64. The lowest BCUT2D eigenvalue weighted by Gasteiger charge is -2.15. The molecule has 7 heteroatoms. The van der Waals surface area contributed by atoms with Crippen LogP contribution in [0.3, 0.4) is 0 Å². The molecule has 174 valence electrons. The van der Waals surface area contributed by atoms with Crippen LogP contribution in [0.15, 0.2) is 24.3 Å². The lowest BCUT2D eigenvalue weighted by atomic mass is 10.0. The van der Waals surface area contributed by atoms with Gasteiger partial charge in [-0.1, -0.05) is 33.6 Å². The van der Waals surface area contributed by atoms with Crippen LogP contribution in [0.25, 0.3) is 11.3 Å². The largest absolute Gasteiger partial charge is 0.507 e. The molecule has 2 aromatic rings. The minimum atomic E-state index is -0.245. The molecule has 32 heavy (non-hydrogen) atoms. The molecule has 7 nitrogen and oxygen atoms in total. The van der Waals surface area contributed by atoms with Gasteiger partial charge in [0.15, 0.2) is 0 Å². The SMILES string of the molecule is CCC(C)NC(=O)n1nc(-c2cc(NC(=O)C(CC)CC)ccc2O)cc1C1CCCC1. The quantitative estimate of drug-likeness (QED) is 0.463. The number of nitrogens with one attached hydrogen (secondary N) is 2. The summed E-state index contributed by atoms with van der Waals surface area (Å²) in [5.41, 5.74) is 2.52. The number of phenols is 1. The Kier molecular flexibility index (Phi) is 7.94. The topological polar surface area (TPSA) is 96.3 Å². The number of nitrogens with zero attached hydrogens (tertiary/aromatic N) is 2. The van der Waals surface area contributed by atoms with Crippen molar-refractivity contribution in [1.82, 2.24) is 15.1 Å². The fourth-order valence-electron chi connectivity index (χ4n) is 4.30. The lowest BCUT2D eigenvalue weighted by molar-refractivity contribution is -0.120. The average Bonchev–Trinajstić information content (AvgIpc) is 3.45. The minimum Gasteiger partial charge on any atom is -0.507 e. The second kappa shape index (κ2) is 10.7. The lowest BCUT2D eigenvalue weighted by Crippen LogP contribution is -2.37. The summed E-state index contributed by atoms with van der Waals surface area (Å²) >= 11 is 0. The third-order valence-corrected chi connectivity index (χ3v) is 6.58. The highest BCUT2D eigenvalue weighted by molar-refractivity contribution is 5.93. The zero-order valence-corrected chi connectivity index (χ0v) is 19.6. The monoisotopic (exact) mass is 440 g/mol. The van der Waals surface area contributed by atoms with E-state index in [1.54, 1.807) is 18.2 Å². The zero-order valence-electron chi connectivity index (χ0n) is 19.6. The Morgan fingerprint density at radius 1 is 1.12 bits per heavy atom. The molecule has 3 N–H and O–H groups in total. The van der Waals surface area contributed by atoms with Crippen LogP contribution >= 0.6 is 0 Å². The van der Waals surface area contributed by atoms with Crippen molar-refractivity contribution in [3.05, 3.63) is 30.0 Å². The average molecular weight is 441 g/mol. The molecule has 1 aliphatic rings. The van der Waals surface area contributed by atoms with Gasteiger partial charge < -0.3 is 15.7 Å². The molecule has 1 aromatic carbocycles. The van der Waals surface area contributed by atoms with Crippen LogP contribution in [0, 0.1) is 5.92 Å². The van der Waals surface area contributed by atoms with Crippen LogP contribution in [-0.2, 0) is 4.79 Å². The van der Waals surface area contributed by atoms with E-state index in [9.17, 15) is 14.7 Å². The maximum absolute atomic E-state index is 12.9. The summed E-state index contributed by atoms with van der Waals surface area (Å²) in [6, 6.07) is 6.68. The number of benzene rings is 1. The second-order valence-corrected chi connectivity index (χ2v) is 8.84. The van der Waals surface area contributed by atoms with Gasteiger partial charge in [0.25, 0.3) is 0 Å². The number of aromatic hydroxyl groups is 1. The van der Waals surface area contributed by atoms with Gasteiger partial charge in [-0.15, -0.1) is 0 Å². The standard InChI is InChI=1S/C25H36N4O3/c1-5-16(4)26-25(32)29-22(18-10-8-9-11-18)15-21(28-29)20-14-19(12-13-23(20)30)27-24(31)17(6-2)7-3/h12-18,30H,5-11H2,1-4H3,(H,26,32)(H,27,31). The van der Waals surface area contributed by atoms with Crippen molar-refractivity contribution >= 4 is 17.6 Å². The number of anilines is 1. The van der Waals surface area contributed by atoms with Crippen LogP contribution < -0.4 is 10.6 Å². The summed E-state index contributed by atoms with van der Waals surface area (Å²) in [5.74, 6) is 0.260. The molecule has 1 fully saturated rings. The van der Waals surface area contributed by atoms with Crippen molar-refractivity contribution in [1.29, 1.82) is 0 Å². The van der Waals surface area contributed by atoms with Crippen LogP contribution in [0.2, 0.25) is 0 Å². The molecule has 0 saturated heterocycles. The first-order valence-electron chi connectivity index (χ1n) is 11.9. The number of amides is 2. The van der Waals surface area contributed by atoms with Crippen LogP contribution in [0.1, 0.15) is 84.3 Å². The van der Waals surface area contributed by atoms with Crippen molar-refractivity contribution in [3.8, 4) is 17.0 Å². The highest BCUT2D eigenvalue weighted by Crippen LogP contribution is 2.38. The van der Waals surface area contributed by atoms with E-state index in [0.29, 0.717) is 16.9 Å². The zero-order chi connectivity index (χ0) is 23.3. The maximum atomic E-state index is 12.9. The molecule has 1 aliphatic carbocycles. The number of carbonyl (C=O) groups excluding carboxylic acids is 2. The van der Waals surface area contributed by atoms with E-state index >= 15 is 0 Å². The van der Waals surface area contributed by atoms with Crippen LogP contribution in [-0.4, -0.2) is 32.9 Å². The van der Waals surface area contributed by atoms with E-state index < -0.39 is 0 Å². The van der Waals surface area contributed by atoms with E-state index in [2.05, 4.69) is 15.7 Å². The minimum absolute atomic E-state index is 0.0308. The molecule has 1 atom stereocenters. The molecule has 1 aromatic heterocycles. The van der Waals surface area contributed by atoms with Crippen molar-refractivity contribution in [2.24, 2.45) is 5.92 Å². The molecule has 1 heterocycles. The summed E-state index contributed by atoms with van der Waals surface area (Å²) in [6.45, 7) is 7.99. The molecule has 1 saturated carbocycles. The fourth-order valence-corrected chi connectivity index (χ4v) is 4.30. The Labute approximate surface area is 190 Å². The third kappa shape index (κ3) is 5.31. The van der Waals surface area contributed by atoms with Gasteiger partial charge in [0, 0.05) is 29.1 Å². The van der Waals surface area contributed by atoms with Gasteiger partial charge in [0.05, 0.1) is 11.4 Å². The smallest absolute Gasteiger partial charge is 0.342 e. The van der Waals surface area contributed by atoms with Gasteiger partial charge in [-0.2, -0.15) is 9.78 Å². The van der Waals surface area contributed by atoms with E-state index in [1.165, 1.54) is 4.68 Å². The van der Waals surface area contributed by atoms with E-state index in [-0.39, 0.29) is 35.6 Å².